The molecule has 1 rings (SSSR count). The molecule has 1 aliphatic rings. The normalized spacial score (nSPS) is 40.0. The molecule has 0 radical (unpaired) electrons. The number of hydrogen-bond donors (Lipinski definition) is 1. The van der Waals surface area contributed by atoms with Gasteiger partial charge in [0.1, 0.15) is 0 Å². The molecule has 2 unspecified atom stereocenters. The van der Waals surface area contributed by atoms with Crippen molar-refractivity contribution in [2.45, 2.75) is 19.1 Å². The lowest BCUT2D eigenvalue weighted by molar-refractivity contribution is -0.146. The molecule has 0 aliphatic carbocycles. The van der Waals surface area contributed by atoms with E-state index >= 15 is 0 Å². The summed E-state index contributed by atoms with van der Waals surface area (Å²) in [7, 11) is 3.32. The summed E-state index contributed by atoms with van der Waals surface area (Å²) in [5, 5.41) is 9.05. The van der Waals surface area contributed by atoms with E-state index in [1.807, 2.05) is 13.8 Å². The predicted molar refractivity (Wildman–Crippen MR) is 45.3 cm³/mol. The molecule has 58 valence electrons. The van der Waals surface area contributed by atoms with E-state index in [0.29, 0.717) is 0 Å². The monoisotopic (exact) mass is 178 g/mol. The van der Waals surface area contributed by atoms with Crippen molar-refractivity contribution in [3.63, 3.8) is 0 Å². The van der Waals surface area contributed by atoms with Gasteiger partial charge < -0.3 is 5.11 Å². The van der Waals surface area contributed by atoms with Gasteiger partial charge in [-0.15, -0.1) is 0 Å². The fourth-order valence-corrected chi connectivity index (χ4v) is 4.30. The lowest BCUT2D eigenvalue weighted by atomic mass is 9.90. The first kappa shape index (κ1) is 8.27. The number of carbonyl (C=O) groups is 1. The van der Waals surface area contributed by atoms with Crippen molar-refractivity contribution in [2.24, 2.45) is 5.41 Å². The minimum absolute atomic E-state index is 0.231. The molecule has 0 aromatic heterocycles. The van der Waals surface area contributed by atoms with Crippen LogP contribution < -0.4 is 0 Å². The molecule has 1 N–H and O–H groups in total. The van der Waals surface area contributed by atoms with Gasteiger partial charge in [0.2, 0.25) is 0 Å². The predicted octanol–water partition coefficient (Wildman–Crippen LogP) is 1.86. The Morgan fingerprint density at radius 2 is 2.40 bits per heavy atom. The highest BCUT2D eigenvalue weighted by Crippen LogP contribution is 2.49. The molecule has 0 aromatic rings. The molecular weight excluding hydrogens is 168 g/mol. The van der Waals surface area contributed by atoms with E-state index in [9.17, 15) is 4.79 Å². The van der Waals surface area contributed by atoms with Crippen LogP contribution >= 0.6 is 21.6 Å². The van der Waals surface area contributed by atoms with Crippen molar-refractivity contribution in [1.29, 1.82) is 0 Å². The maximum Gasteiger partial charge on any atom is 0.311 e. The van der Waals surface area contributed by atoms with Gasteiger partial charge in [0.15, 0.2) is 0 Å². The minimum Gasteiger partial charge on any atom is -0.481 e. The summed E-state index contributed by atoms with van der Waals surface area (Å²) in [6, 6.07) is 0. The van der Waals surface area contributed by atoms with Crippen molar-refractivity contribution >= 4 is 27.6 Å². The topological polar surface area (TPSA) is 37.3 Å². The molecule has 0 spiro atoms. The molecule has 2 atom stereocenters. The van der Waals surface area contributed by atoms with Gasteiger partial charge in [0.25, 0.3) is 0 Å². The Bertz CT molecular complexity index is 160. The zero-order chi connectivity index (χ0) is 7.78. The van der Waals surface area contributed by atoms with Gasteiger partial charge in [-0.2, -0.15) is 0 Å². The van der Waals surface area contributed by atoms with Gasteiger partial charge in [-0.1, -0.05) is 28.5 Å². The smallest absolute Gasteiger partial charge is 0.311 e. The highest BCUT2D eigenvalue weighted by atomic mass is 33.1. The first-order valence-corrected chi connectivity index (χ1v) is 5.47. The Morgan fingerprint density at radius 3 is 2.60 bits per heavy atom. The first-order valence-electron chi connectivity index (χ1n) is 3.09. The molecule has 10 heavy (non-hydrogen) atoms. The zero-order valence-corrected chi connectivity index (χ0v) is 7.59. The van der Waals surface area contributed by atoms with Crippen molar-refractivity contribution in [3.05, 3.63) is 0 Å². The van der Waals surface area contributed by atoms with Crippen molar-refractivity contribution in [3.8, 4) is 0 Å². The molecular formula is C6H10O2S2. The molecule has 4 heteroatoms. The number of aliphatic carboxylic acids is 1. The highest BCUT2D eigenvalue weighted by Gasteiger charge is 2.44. The average molecular weight is 178 g/mol. The van der Waals surface area contributed by atoms with Crippen LogP contribution in [0.4, 0.5) is 0 Å². The van der Waals surface area contributed by atoms with Gasteiger partial charge in [-0.25, -0.2) is 0 Å². The number of carboxylic acids is 1. The van der Waals surface area contributed by atoms with E-state index in [-0.39, 0.29) is 5.25 Å². The van der Waals surface area contributed by atoms with E-state index in [4.69, 9.17) is 5.11 Å². The van der Waals surface area contributed by atoms with Gasteiger partial charge in [0, 0.05) is 11.0 Å². The molecule has 1 fully saturated rings. The molecule has 1 aliphatic heterocycles. The number of carboxylic acid groups (broad SMARTS) is 1. The Balaban J connectivity index is 2.75. The Labute approximate surface area is 68.2 Å². The van der Waals surface area contributed by atoms with E-state index < -0.39 is 11.4 Å². The van der Waals surface area contributed by atoms with E-state index in [1.54, 1.807) is 21.6 Å². The maximum atomic E-state index is 10.7. The Hall–Kier alpha value is 0.170. The lowest BCUT2D eigenvalue weighted by Gasteiger charge is -2.20. The van der Waals surface area contributed by atoms with Crippen LogP contribution in [0.5, 0.6) is 0 Å². The van der Waals surface area contributed by atoms with Crippen LogP contribution in [0.1, 0.15) is 13.8 Å². The zero-order valence-electron chi connectivity index (χ0n) is 5.96. The van der Waals surface area contributed by atoms with Gasteiger partial charge >= 0.3 is 5.97 Å². The summed E-state index contributed by atoms with van der Waals surface area (Å²) >= 11 is 0. The Kier molecular flexibility index (Phi) is 2.20. The standard InChI is InChI=1S/C6H10O2S2/c1-4-6(2,5(7)8)3-9-10-4/h4H,3H2,1-2H3,(H,7,8). The van der Waals surface area contributed by atoms with Gasteiger partial charge in [0.05, 0.1) is 5.41 Å². The molecule has 0 amide bonds. The van der Waals surface area contributed by atoms with Crippen molar-refractivity contribution in [2.75, 3.05) is 5.75 Å². The number of rotatable bonds is 1. The Morgan fingerprint density at radius 1 is 1.80 bits per heavy atom. The molecule has 1 heterocycles. The summed E-state index contributed by atoms with van der Waals surface area (Å²) in [5.74, 6) is 0.0613. The number of hydrogen-bond acceptors (Lipinski definition) is 3. The second-order valence-electron chi connectivity index (χ2n) is 2.72. The van der Waals surface area contributed by atoms with E-state index in [0.717, 1.165) is 5.75 Å². The van der Waals surface area contributed by atoms with Crippen LogP contribution in [0.15, 0.2) is 0 Å². The van der Waals surface area contributed by atoms with Crippen molar-refractivity contribution < 1.29 is 9.90 Å². The van der Waals surface area contributed by atoms with Crippen LogP contribution in [0.2, 0.25) is 0 Å². The van der Waals surface area contributed by atoms with Crippen LogP contribution in [0, 0.1) is 5.41 Å². The molecule has 0 saturated carbocycles. The largest absolute Gasteiger partial charge is 0.481 e. The van der Waals surface area contributed by atoms with Crippen LogP contribution in [-0.4, -0.2) is 22.1 Å². The van der Waals surface area contributed by atoms with E-state index in [1.165, 1.54) is 0 Å². The third kappa shape index (κ3) is 1.14. The van der Waals surface area contributed by atoms with Crippen LogP contribution in [0.3, 0.4) is 0 Å². The summed E-state index contributed by atoms with van der Waals surface area (Å²) in [4.78, 5) is 10.7. The van der Waals surface area contributed by atoms with Gasteiger partial charge in [-0.3, -0.25) is 4.79 Å². The van der Waals surface area contributed by atoms with Crippen molar-refractivity contribution in [1.82, 2.24) is 0 Å². The van der Waals surface area contributed by atoms with E-state index in [2.05, 4.69) is 0 Å². The summed E-state index contributed by atoms with van der Waals surface area (Å²) in [6.07, 6.45) is 0. The second-order valence-corrected chi connectivity index (χ2v) is 5.43. The van der Waals surface area contributed by atoms with Crippen LogP contribution in [-0.2, 0) is 4.79 Å². The first-order chi connectivity index (χ1) is 4.57. The molecule has 2 nitrogen and oxygen atoms in total. The third-order valence-electron chi connectivity index (χ3n) is 1.96. The fourth-order valence-electron chi connectivity index (χ4n) is 0.718. The van der Waals surface area contributed by atoms with Crippen LogP contribution in [0.25, 0.3) is 0 Å². The molecule has 0 bridgehead atoms. The SMILES string of the molecule is CC1SSCC1(C)C(=O)O. The molecule has 0 aromatic carbocycles. The second kappa shape index (κ2) is 2.66. The maximum absolute atomic E-state index is 10.7. The summed E-state index contributed by atoms with van der Waals surface area (Å²) < 4.78 is 0. The summed E-state index contributed by atoms with van der Waals surface area (Å²) in [5.41, 5.74) is -0.505. The molecule has 1 saturated heterocycles. The lowest BCUT2D eigenvalue weighted by Crippen LogP contribution is -2.34. The quantitative estimate of drug-likeness (QED) is 0.622. The fraction of sp³-hybridized carbons (Fsp3) is 0.833. The third-order valence-corrected chi connectivity index (χ3v) is 5.25. The highest BCUT2D eigenvalue weighted by molar-refractivity contribution is 8.77. The minimum atomic E-state index is -0.669. The van der Waals surface area contributed by atoms with Gasteiger partial charge in [-0.05, 0) is 6.92 Å². The summed E-state index contributed by atoms with van der Waals surface area (Å²) in [6.45, 7) is 3.78. The average Bonchev–Trinajstić information content (AvgIpc) is 2.15.